The lowest BCUT2D eigenvalue weighted by molar-refractivity contribution is 0.401. The van der Waals surface area contributed by atoms with Crippen LogP contribution >= 0.6 is 0 Å². The SMILES string of the molecule is CN(C)CCCN(C)c1cc2nc(-c3ccccc3)nn(-c3ccccc3)c-2cc1=O. The molecule has 158 valence electrons. The number of aromatic nitrogens is 3. The van der Waals surface area contributed by atoms with Crippen molar-refractivity contribution in [2.24, 2.45) is 0 Å². The first-order chi connectivity index (χ1) is 15.0. The molecule has 0 atom stereocenters. The first kappa shape index (κ1) is 20.8. The van der Waals surface area contributed by atoms with Crippen LogP contribution in [0, 0.1) is 0 Å². The van der Waals surface area contributed by atoms with E-state index in [2.05, 4.69) is 19.0 Å². The van der Waals surface area contributed by atoms with Crippen LogP contribution in [-0.4, -0.2) is 53.9 Å². The molecule has 0 unspecified atom stereocenters. The summed E-state index contributed by atoms with van der Waals surface area (Å²) in [5.74, 6) is 0.622. The van der Waals surface area contributed by atoms with Crippen LogP contribution in [0.5, 0.6) is 0 Å². The number of para-hydroxylation sites is 1. The number of anilines is 1. The molecule has 6 nitrogen and oxygen atoms in total. The third kappa shape index (κ3) is 4.64. The van der Waals surface area contributed by atoms with Crippen molar-refractivity contribution in [2.75, 3.05) is 39.1 Å². The summed E-state index contributed by atoms with van der Waals surface area (Å²) in [7, 11) is 6.07. The number of benzene rings is 3. The number of rotatable bonds is 7. The van der Waals surface area contributed by atoms with E-state index >= 15 is 0 Å². The highest BCUT2D eigenvalue weighted by Gasteiger charge is 2.18. The minimum absolute atomic E-state index is 0.0272. The van der Waals surface area contributed by atoms with Crippen LogP contribution in [0.2, 0.25) is 0 Å². The second kappa shape index (κ2) is 9.10. The van der Waals surface area contributed by atoms with Gasteiger partial charge >= 0.3 is 0 Å². The third-order valence-electron chi connectivity index (χ3n) is 5.25. The average molecular weight is 414 g/mol. The van der Waals surface area contributed by atoms with Crippen LogP contribution in [0.3, 0.4) is 0 Å². The number of hydrogen-bond acceptors (Lipinski definition) is 5. The lowest BCUT2D eigenvalue weighted by Crippen LogP contribution is -2.28. The second-order valence-electron chi connectivity index (χ2n) is 7.94. The van der Waals surface area contributed by atoms with Gasteiger partial charge in [0.05, 0.1) is 22.8 Å². The fourth-order valence-corrected chi connectivity index (χ4v) is 3.61. The molecule has 0 saturated carbocycles. The maximum atomic E-state index is 13.0. The molecule has 0 saturated heterocycles. The standard InChI is InChI=1S/C25H27N5O/c1-28(2)15-10-16-29(3)23-17-21-22(18-24(23)31)30(20-13-8-5-9-14-20)27-25(26-21)19-11-6-4-7-12-19/h4-9,11-14,17-18H,10,15-16H2,1-3H3. The Hall–Kier alpha value is -3.51. The monoisotopic (exact) mass is 413 g/mol. The van der Waals surface area contributed by atoms with E-state index < -0.39 is 0 Å². The number of hydrogen-bond donors (Lipinski definition) is 0. The highest BCUT2D eigenvalue weighted by atomic mass is 16.1. The number of nitrogens with zero attached hydrogens (tertiary/aromatic N) is 5. The molecule has 2 aromatic rings. The third-order valence-corrected chi connectivity index (χ3v) is 5.25. The Morgan fingerprint density at radius 1 is 0.871 bits per heavy atom. The summed E-state index contributed by atoms with van der Waals surface area (Å²) in [5.41, 5.74) is 3.89. The van der Waals surface area contributed by atoms with E-state index in [0.29, 0.717) is 17.2 Å². The zero-order valence-corrected chi connectivity index (χ0v) is 18.2. The summed E-state index contributed by atoms with van der Waals surface area (Å²) >= 11 is 0. The van der Waals surface area contributed by atoms with Crippen molar-refractivity contribution in [1.82, 2.24) is 19.7 Å². The van der Waals surface area contributed by atoms with Crippen molar-refractivity contribution in [3.05, 3.63) is 83.0 Å². The molecule has 0 bridgehead atoms. The molecule has 0 spiro atoms. The Labute approximate surface area is 182 Å². The Balaban J connectivity index is 1.84. The molecule has 1 aliphatic heterocycles. The fourth-order valence-electron chi connectivity index (χ4n) is 3.61. The average Bonchev–Trinajstić information content (AvgIpc) is 2.79. The molecule has 0 radical (unpaired) electrons. The Kier molecular flexibility index (Phi) is 6.09. The van der Waals surface area contributed by atoms with Crippen LogP contribution in [-0.2, 0) is 0 Å². The van der Waals surface area contributed by atoms with Gasteiger partial charge in [0.15, 0.2) is 5.82 Å². The number of fused-ring (bicyclic) bond motifs is 1. The van der Waals surface area contributed by atoms with Crippen molar-refractivity contribution in [2.45, 2.75) is 6.42 Å². The van der Waals surface area contributed by atoms with E-state index in [0.717, 1.165) is 36.5 Å². The van der Waals surface area contributed by atoms with Gasteiger partial charge < -0.3 is 9.80 Å². The lowest BCUT2D eigenvalue weighted by atomic mass is 10.1. The Bertz CT molecular complexity index is 1170. The summed E-state index contributed by atoms with van der Waals surface area (Å²) in [6.45, 7) is 1.77. The van der Waals surface area contributed by atoms with E-state index in [1.807, 2.05) is 83.4 Å². The van der Waals surface area contributed by atoms with Gasteiger partial charge in [0.1, 0.15) is 0 Å². The van der Waals surface area contributed by atoms with Crippen molar-refractivity contribution >= 4 is 5.69 Å². The zero-order chi connectivity index (χ0) is 21.8. The quantitative estimate of drug-likeness (QED) is 0.461. The lowest BCUT2D eigenvalue weighted by Gasteiger charge is -2.22. The molecule has 31 heavy (non-hydrogen) atoms. The zero-order valence-electron chi connectivity index (χ0n) is 18.2. The van der Waals surface area contributed by atoms with Gasteiger partial charge in [0.25, 0.3) is 0 Å². The van der Waals surface area contributed by atoms with Crippen LogP contribution in [0.25, 0.3) is 28.5 Å². The van der Waals surface area contributed by atoms with E-state index in [-0.39, 0.29) is 5.43 Å². The van der Waals surface area contributed by atoms with Crippen molar-refractivity contribution < 1.29 is 0 Å². The summed E-state index contributed by atoms with van der Waals surface area (Å²) in [5, 5.41) is 4.77. The molecule has 0 fully saturated rings. The normalized spacial score (nSPS) is 11.2. The predicted octanol–water partition coefficient (Wildman–Crippen LogP) is 3.79. The van der Waals surface area contributed by atoms with E-state index in [9.17, 15) is 4.79 Å². The van der Waals surface area contributed by atoms with Gasteiger partial charge in [-0.1, -0.05) is 48.5 Å². The summed E-state index contributed by atoms with van der Waals surface area (Å²) in [4.78, 5) is 22.0. The molecule has 1 heterocycles. The molecule has 2 aromatic carbocycles. The van der Waals surface area contributed by atoms with Crippen molar-refractivity contribution in [3.8, 4) is 28.5 Å². The van der Waals surface area contributed by atoms with Gasteiger partial charge in [-0.05, 0) is 45.3 Å². The smallest absolute Gasteiger partial charge is 0.204 e. The molecule has 0 N–H and O–H groups in total. The first-order valence-electron chi connectivity index (χ1n) is 10.4. The van der Waals surface area contributed by atoms with Crippen LogP contribution < -0.4 is 10.3 Å². The van der Waals surface area contributed by atoms with Crippen molar-refractivity contribution in [1.29, 1.82) is 0 Å². The minimum atomic E-state index is -0.0272. The molecule has 2 aliphatic rings. The van der Waals surface area contributed by atoms with E-state index in [1.54, 1.807) is 6.07 Å². The maximum absolute atomic E-state index is 13.0. The van der Waals surface area contributed by atoms with Gasteiger partial charge in [-0.3, -0.25) is 4.79 Å². The fraction of sp³-hybridized carbons (Fsp3) is 0.240. The molecule has 0 aromatic heterocycles. The maximum Gasteiger partial charge on any atom is 0.204 e. The molecular weight excluding hydrogens is 386 g/mol. The molecule has 4 rings (SSSR count). The largest absolute Gasteiger partial charge is 0.371 e. The van der Waals surface area contributed by atoms with E-state index in [1.165, 1.54) is 0 Å². The van der Waals surface area contributed by atoms with Gasteiger partial charge in [0, 0.05) is 25.2 Å². The Morgan fingerprint density at radius 2 is 1.55 bits per heavy atom. The molecule has 0 amide bonds. The van der Waals surface area contributed by atoms with Gasteiger partial charge in [-0.2, -0.15) is 0 Å². The molecular formula is C25H27N5O. The van der Waals surface area contributed by atoms with Gasteiger partial charge in [-0.15, -0.1) is 5.10 Å². The highest BCUT2D eigenvalue weighted by molar-refractivity contribution is 5.69. The summed E-state index contributed by atoms with van der Waals surface area (Å²) < 4.78 is 1.81. The van der Waals surface area contributed by atoms with Gasteiger partial charge in [0.2, 0.25) is 5.43 Å². The van der Waals surface area contributed by atoms with E-state index in [4.69, 9.17) is 10.1 Å². The van der Waals surface area contributed by atoms with Gasteiger partial charge in [-0.25, -0.2) is 9.67 Å². The summed E-state index contributed by atoms with van der Waals surface area (Å²) in [6, 6.07) is 23.3. The van der Waals surface area contributed by atoms with Crippen LogP contribution in [0.4, 0.5) is 5.69 Å². The molecule has 6 heteroatoms. The van der Waals surface area contributed by atoms with Crippen molar-refractivity contribution in [3.63, 3.8) is 0 Å². The first-order valence-corrected chi connectivity index (χ1v) is 10.4. The topological polar surface area (TPSA) is 54.3 Å². The molecule has 1 aliphatic carbocycles. The summed E-state index contributed by atoms with van der Waals surface area (Å²) in [6.07, 6.45) is 0.976. The minimum Gasteiger partial charge on any atom is -0.371 e. The van der Waals surface area contributed by atoms with Crippen LogP contribution in [0.15, 0.2) is 77.6 Å². The Morgan fingerprint density at radius 3 is 2.23 bits per heavy atom. The highest BCUT2D eigenvalue weighted by Crippen LogP contribution is 2.27. The second-order valence-corrected chi connectivity index (χ2v) is 7.94. The predicted molar refractivity (Wildman–Crippen MR) is 126 cm³/mol. The van der Waals surface area contributed by atoms with Crippen LogP contribution in [0.1, 0.15) is 6.42 Å².